The molecule has 1 amide bonds. The van der Waals surface area contributed by atoms with Crippen molar-refractivity contribution in [2.24, 2.45) is 0 Å². The van der Waals surface area contributed by atoms with Gasteiger partial charge in [0.25, 0.3) is 0 Å². The predicted molar refractivity (Wildman–Crippen MR) is 67.5 cm³/mol. The van der Waals surface area contributed by atoms with Crippen LogP contribution in [0.3, 0.4) is 0 Å². The molecule has 0 heterocycles. The molecule has 0 saturated heterocycles. The zero-order valence-electron chi connectivity index (χ0n) is 8.42. The van der Waals surface area contributed by atoms with Crippen LogP contribution in [0.5, 0.6) is 0 Å². The van der Waals surface area contributed by atoms with E-state index in [9.17, 15) is 4.79 Å². The summed E-state index contributed by atoms with van der Waals surface area (Å²) in [6.45, 7) is 0. The number of halogens is 1. The SMILES string of the molecule is CSCCC(=O)Nc1cc(Cl)ccc1N. The summed E-state index contributed by atoms with van der Waals surface area (Å²) >= 11 is 7.42. The molecule has 0 aliphatic heterocycles. The number of hydrogen-bond donors (Lipinski definition) is 2. The smallest absolute Gasteiger partial charge is 0.225 e. The molecular formula is C10H13ClN2OS. The van der Waals surface area contributed by atoms with Gasteiger partial charge < -0.3 is 11.1 Å². The van der Waals surface area contributed by atoms with Gasteiger partial charge in [-0.2, -0.15) is 11.8 Å². The Morgan fingerprint density at radius 3 is 3.00 bits per heavy atom. The maximum atomic E-state index is 11.4. The number of hydrogen-bond acceptors (Lipinski definition) is 3. The standard InChI is InChI=1S/C10H13ClN2OS/c1-15-5-4-10(14)13-9-6-7(11)2-3-8(9)12/h2-3,6H,4-5,12H2,1H3,(H,13,14). The molecule has 1 aromatic rings. The molecule has 0 fully saturated rings. The molecule has 15 heavy (non-hydrogen) atoms. The van der Waals surface area contributed by atoms with Crippen molar-refractivity contribution in [1.82, 2.24) is 0 Å². The summed E-state index contributed by atoms with van der Waals surface area (Å²) < 4.78 is 0. The summed E-state index contributed by atoms with van der Waals surface area (Å²) in [6.07, 6.45) is 2.44. The van der Waals surface area contributed by atoms with E-state index in [1.54, 1.807) is 30.0 Å². The lowest BCUT2D eigenvalue weighted by atomic mass is 10.2. The summed E-state index contributed by atoms with van der Waals surface area (Å²) in [6, 6.07) is 5.01. The van der Waals surface area contributed by atoms with Gasteiger partial charge in [-0.15, -0.1) is 0 Å². The third-order valence-corrected chi connectivity index (χ3v) is 2.67. The average Bonchev–Trinajstić information content (AvgIpc) is 2.20. The summed E-state index contributed by atoms with van der Waals surface area (Å²) in [7, 11) is 0. The summed E-state index contributed by atoms with van der Waals surface area (Å²) in [5.41, 5.74) is 6.79. The van der Waals surface area contributed by atoms with E-state index in [-0.39, 0.29) is 5.91 Å². The van der Waals surface area contributed by atoms with Gasteiger partial charge in [0, 0.05) is 17.2 Å². The Morgan fingerprint density at radius 2 is 2.33 bits per heavy atom. The van der Waals surface area contributed by atoms with Gasteiger partial charge in [0.2, 0.25) is 5.91 Å². The Bertz CT molecular complexity index is 357. The van der Waals surface area contributed by atoms with Crippen LogP contribution in [0, 0.1) is 0 Å². The molecule has 0 aliphatic carbocycles. The van der Waals surface area contributed by atoms with Crippen molar-refractivity contribution in [3.8, 4) is 0 Å². The fourth-order valence-corrected chi connectivity index (χ4v) is 1.61. The fourth-order valence-electron chi connectivity index (χ4n) is 1.04. The van der Waals surface area contributed by atoms with Gasteiger partial charge in [-0.3, -0.25) is 4.79 Å². The van der Waals surface area contributed by atoms with E-state index >= 15 is 0 Å². The highest BCUT2D eigenvalue weighted by molar-refractivity contribution is 7.98. The van der Waals surface area contributed by atoms with Gasteiger partial charge in [0.05, 0.1) is 11.4 Å². The first-order valence-corrected chi connectivity index (χ1v) is 6.24. The maximum absolute atomic E-state index is 11.4. The van der Waals surface area contributed by atoms with Gasteiger partial charge in [-0.05, 0) is 24.5 Å². The molecule has 0 saturated carbocycles. The molecule has 0 unspecified atom stereocenters. The van der Waals surface area contributed by atoms with Crippen molar-refractivity contribution in [1.29, 1.82) is 0 Å². The van der Waals surface area contributed by atoms with Gasteiger partial charge in [0.1, 0.15) is 0 Å². The number of thioether (sulfide) groups is 1. The second-order valence-corrected chi connectivity index (χ2v) is 4.44. The van der Waals surface area contributed by atoms with Gasteiger partial charge in [-0.1, -0.05) is 11.6 Å². The molecule has 0 atom stereocenters. The molecule has 0 radical (unpaired) electrons. The Labute approximate surface area is 98.4 Å². The molecule has 0 aromatic heterocycles. The van der Waals surface area contributed by atoms with Crippen molar-refractivity contribution >= 4 is 40.6 Å². The normalized spacial score (nSPS) is 10.0. The second-order valence-electron chi connectivity index (χ2n) is 3.02. The number of carbonyl (C=O) groups excluding carboxylic acids is 1. The Kier molecular flexibility index (Phi) is 4.78. The lowest BCUT2D eigenvalue weighted by Gasteiger charge is -2.07. The van der Waals surface area contributed by atoms with E-state index in [2.05, 4.69) is 5.32 Å². The Morgan fingerprint density at radius 1 is 1.60 bits per heavy atom. The van der Waals surface area contributed by atoms with Crippen LogP contribution in [0.1, 0.15) is 6.42 Å². The highest BCUT2D eigenvalue weighted by Gasteiger charge is 2.05. The van der Waals surface area contributed by atoms with E-state index in [0.717, 1.165) is 5.75 Å². The number of amides is 1. The van der Waals surface area contributed by atoms with Gasteiger partial charge in [0.15, 0.2) is 0 Å². The van der Waals surface area contributed by atoms with Crippen LogP contribution in [-0.4, -0.2) is 17.9 Å². The monoisotopic (exact) mass is 244 g/mol. The van der Waals surface area contributed by atoms with Crippen LogP contribution in [0.2, 0.25) is 5.02 Å². The van der Waals surface area contributed by atoms with Crippen LogP contribution in [0.25, 0.3) is 0 Å². The zero-order chi connectivity index (χ0) is 11.3. The Hall–Kier alpha value is -0.870. The molecule has 0 bridgehead atoms. The molecule has 3 N–H and O–H groups in total. The first-order valence-electron chi connectivity index (χ1n) is 4.47. The number of nitrogens with one attached hydrogen (secondary N) is 1. The largest absolute Gasteiger partial charge is 0.397 e. The topological polar surface area (TPSA) is 55.1 Å². The molecular weight excluding hydrogens is 232 g/mol. The van der Waals surface area contributed by atoms with Crippen molar-refractivity contribution in [3.05, 3.63) is 23.2 Å². The molecule has 5 heteroatoms. The van der Waals surface area contributed by atoms with E-state index < -0.39 is 0 Å². The maximum Gasteiger partial charge on any atom is 0.225 e. The number of anilines is 2. The number of nitrogen functional groups attached to an aromatic ring is 1. The minimum Gasteiger partial charge on any atom is -0.397 e. The van der Waals surface area contributed by atoms with E-state index in [0.29, 0.717) is 22.8 Å². The van der Waals surface area contributed by atoms with Crippen molar-refractivity contribution in [2.45, 2.75) is 6.42 Å². The number of nitrogens with two attached hydrogens (primary N) is 1. The fraction of sp³-hybridized carbons (Fsp3) is 0.300. The Balaban J connectivity index is 2.63. The third kappa shape index (κ3) is 4.01. The minimum atomic E-state index is -0.0432. The molecule has 0 spiro atoms. The highest BCUT2D eigenvalue weighted by Crippen LogP contribution is 2.22. The third-order valence-electron chi connectivity index (χ3n) is 1.82. The second kappa shape index (κ2) is 5.88. The summed E-state index contributed by atoms with van der Waals surface area (Å²) in [4.78, 5) is 11.4. The molecule has 3 nitrogen and oxygen atoms in total. The minimum absolute atomic E-state index is 0.0432. The van der Waals surface area contributed by atoms with Gasteiger partial charge >= 0.3 is 0 Å². The average molecular weight is 245 g/mol. The number of rotatable bonds is 4. The van der Waals surface area contributed by atoms with Crippen molar-refractivity contribution < 1.29 is 4.79 Å². The van der Waals surface area contributed by atoms with Crippen molar-refractivity contribution in [2.75, 3.05) is 23.1 Å². The zero-order valence-corrected chi connectivity index (χ0v) is 9.99. The van der Waals surface area contributed by atoms with Gasteiger partial charge in [-0.25, -0.2) is 0 Å². The molecule has 1 rings (SSSR count). The summed E-state index contributed by atoms with van der Waals surface area (Å²) in [5, 5.41) is 3.28. The van der Waals surface area contributed by atoms with Crippen LogP contribution in [-0.2, 0) is 4.79 Å². The van der Waals surface area contributed by atoms with E-state index in [4.69, 9.17) is 17.3 Å². The van der Waals surface area contributed by atoms with Crippen LogP contribution < -0.4 is 11.1 Å². The van der Waals surface area contributed by atoms with Crippen LogP contribution in [0.15, 0.2) is 18.2 Å². The molecule has 0 aliphatic rings. The highest BCUT2D eigenvalue weighted by atomic mass is 35.5. The quantitative estimate of drug-likeness (QED) is 0.801. The predicted octanol–water partition coefficient (Wildman–Crippen LogP) is 2.61. The molecule has 1 aromatic carbocycles. The van der Waals surface area contributed by atoms with Crippen molar-refractivity contribution in [3.63, 3.8) is 0 Å². The van der Waals surface area contributed by atoms with E-state index in [1.165, 1.54) is 0 Å². The lowest BCUT2D eigenvalue weighted by Crippen LogP contribution is -2.13. The van der Waals surface area contributed by atoms with Crippen LogP contribution >= 0.6 is 23.4 Å². The number of carbonyl (C=O) groups is 1. The lowest BCUT2D eigenvalue weighted by molar-refractivity contribution is -0.115. The molecule has 82 valence electrons. The summed E-state index contributed by atoms with van der Waals surface area (Å²) in [5.74, 6) is 0.755. The van der Waals surface area contributed by atoms with E-state index in [1.807, 2.05) is 6.26 Å². The van der Waals surface area contributed by atoms with Crippen LogP contribution in [0.4, 0.5) is 11.4 Å². The first kappa shape index (κ1) is 12.2. The number of benzene rings is 1. The first-order chi connectivity index (χ1) is 7.13.